The van der Waals surface area contributed by atoms with Crippen LogP contribution in [0.3, 0.4) is 0 Å². The molecule has 1 amide bonds. The average molecular weight is 418 g/mol. The molecular weight excluding hydrogens is 386 g/mol. The van der Waals surface area contributed by atoms with E-state index in [1.165, 1.54) is 19.3 Å². The number of nitrogens with zero attached hydrogens (tertiary/aromatic N) is 4. The molecule has 1 aromatic carbocycles. The van der Waals surface area contributed by atoms with E-state index in [-0.39, 0.29) is 24.4 Å². The lowest BCUT2D eigenvalue weighted by atomic mass is 9.93. The summed E-state index contributed by atoms with van der Waals surface area (Å²) in [6.07, 6.45) is 9.72. The third kappa shape index (κ3) is 5.00. The highest BCUT2D eigenvalue weighted by Crippen LogP contribution is 2.28. The number of carbonyl (C=O) groups excluding carboxylic acids is 1. The van der Waals surface area contributed by atoms with Gasteiger partial charge in [-0.3, -0.25) is 9.69 Å². The fraction of sp³-hybridized carbons (Fsp3) is 0.545. The second-order valence-corrected chi connectivity index (χ2v) is 7.98. The molecule has 0 radical (unpaired) electrons. The maximum atomic E-state index is 13.5. The van der Waals surface area contributed by atoms with E-state index in [4.69, 9.17) is 0 Å². The summed E-state index contributed by atoms with van der Waals surface area (Å²) >= 11 is 0. The predicted octanol–water partition coefficient (Wildman–Crippen LogP) is 3.15. The van der Waals surface area contributed by atoms with Crippen LogP contribution >= 0.6 is 12.4 Å². The number of para-hydroxylation sites is 1. The van der Waals surface area contributed by atoms with Gasteiger partial charge >= 0.3 is 0 Å². The van der Waals surface area contributed by atoms with Crippen LogP contribution < -0.4 is 10.2 Å². The van der Waals surface area contributed by atoms with Crippen molar-refractivity contribution >= 4 is 24.0 Å². The molecular formula is C22H32ClN5O. The summed E-state index contributed by atoms with van der Waals surface area (Å²) in [6.45, 7) is 3.02. The molecule has 1 saturated heterocycles. The van der Waals surface area contributed by atoms with Crippen LogP contribution in [0.25, 0.3) is 0 Å². The monoisotopic (exact) mass is 417 g/mol. The van der Waals surface area contributed by atoms with Gasteiger partial charge < -0.3 is 14.8 Å². The Morgan fingerprint density at radius 1 is 1.21 bits per heavy atom. The van der Waals surface area contributed by atoms with Crippen LogP contribution in [-0.4, -0.2) is 52.6 Å². The summed E-state index contributed by atoms with van der Waals surface area (Å²) in [5.41, 5.74) is 1.03. The lowest BCUT2D eigenvalue weighted by Gasteiger charge is -2.39. The van der Waals surface area contributed by atoms with Gasteiger partial charge in [0.2, 0.25) is 5.91 Å². The van der Waals surface area contributed by atoms with E-state index in [9.17, 15) is 4.79 Å². The number of hydrogen-bond acceptors (Lipinski definition) is 4. The molecule has 1 aliphatic heterocycles. The van der Waals surface area contributed by atoms with Gasteiger partial charge in [0.25, 0.3) is 0 Å². The zero-order valence-electron chi connectivity index (χ0n) is 17.2. The van der Waals surface area contributed by atoms with Gasteiger partial charge in [-0.1, -0.05) is 37.5 Å². The van der Waals surface area contributed by atoms with Crippen molar-refractivity contribution in [3.8, 4) is 0 Å². The third-order valence-corrected chi connectivity index (χ3v) is 6.09. The number of aryl methyl sites for hydroxylation is 1. The fourth-order valence-corrected chi connectivity index (χ4v) is 4.62. The molecule has 1 aromatic heterocycles. The Morgan fingerprint density at radius 2 is 1.97 bits per heavy atom. The lowest BCUT2D eigenvalue weighted by molar-refractivity contribution is -0.121. The molecule has 1 unspecified atom stereocenters. The Kier molecular flexibility index (Phi) is 7.70. The molecule has 4 rings (SSSR count). The van der Waals surface area contributed by atoms with E-state index in [0.29, 0.717) is 12.6 Å². The molecule has 1 N–H and O–H groups in total. The summed E-state index contributed by atoms with van der Waals surface area (Å²) in [5, 5.41) is 3.46. The van der Waals surface area contributed by atoms with E-state index in [2.05, 4.69) is 36.8 Å². The number of amides is 1. The van der Waals surface area contributed by atoms with Crippen LogP contribution in [0.5, 0.6) is 0 Å². The van der Waals surface area contributed by atoms with E-state index in [1.54, 1.807) is 0 Å². The number of aromatic nitrogens is 2. The van der Waals surface area contributed by atoms with Crippen LogP contribution in [0.1, 0.15) is 44.0 Å². The molecule has 0 spiro atoms. The van der Waals surface area contributed by atoms with Crippen molar-refractivity contribution in [3.63, 3.8) is 0 Å². The number of hydrogen-bond donors (Lipinski definition) is 1. The summed E-state index contributed by atoms with van der Waals surface area (Å²) < 4.78 is 2.06. The van der Waals surface area contributed by atoms with Crippen LogP contribution in [0.2, 0.25) is 0 Å². The van der Waals surface area contributed by atoms with Gasteiger partial charge in [-0.25, -0.2) is 4.98 Å². The summed E-state index contributed by atoms with van der Waals surface area (Å²) in [5.74, 6) is 1.23. The maximum Gasteiger partial charge on any atom is 0.241 e. The smallest absolute Gasteiger partial charge is 0.241 e. The predicted molar refractivity (Wildman–Crippen MR) is 118 cm³/mol. The quantitative estimate of drug-likeness (QED) is 0.811. The molecule has 1 aliphatic carbocycles. The van der Waals surface area contributed by atoms with Gasteiger partial charge in [0, 0.05) is 50.8 Å². The highest BCUT2D eigenvalue weighted by atomic mass is 35.5. The first-order chi connectivity index (χ1) is 13.7. The molecule has 2 aliphatic rings. The number of carbonyl (C=O) groups is 1. The van der Waals surface area contributed by atoms with Gasteiger partial charge in [0.05, 0.1) is 12.6 Å². The highest BCUT2D eigenvalue weighted by Gasteiger charge is 2.32. The highest BCUT2D eigenvalue weighted by molar-refractivity contribution is 5.95. The van der Waals surface area contributed by atoms with Crippen molar-refractivity contribution in [1.29, 1.82) is 0 Å². The zero-order chi connectivity index (χ0) is 19.3. The Labute approximate surface area is 179 Å². The van der Waals surface area contributed by atoms with Crippen molar-refractivity contribution < 1.29 is 4.79 Å². The van der Waals surface area contributed by atoms with Gasteiger partial charge in [-0.2, -0.15) is 0 Å². The Hall–Kier alpha value is -1.89. The largest absolute Gasteiger partial charge is 0.337 e. The third-order valence-electron chi connectivity index (χ3n) is 6.09. The first-order valence-corrected chi connectivity index (χ1v) is 10.5. The molecule has 1 saturated carbocycles. The number of halogens is 1. The van der Waals surface area contributed by atoms with Gasteiger partial charge in [-0.15, -0.1) is 12.4 Å². The molecule has 7 heteroatoms. The summed E-state index contributed by atoms with van der Waals surface area (Å²) in [4.78, 5) is 22.5. The Bertz CT molecular complexity index is 775. The zero-order valence-corrected chi connectivity index (χ0v) is 18.0. The summed E-state index contributed by atoms with van der Waals surface area (Å²) in [7, 11) is 2.02. The fourth-order valence-electron chi connectivity index (χ4n) is 4.62. The first kappa shape index (κ1) is 21.8. The minimum absolute atomic E-state index is 0. The number of nitrogens with one attached hydrogen (secondary N) is 1. The molecule has 0 bridgehead atoms. The molecule has 2 heterocycles. The Morgan fingerprint density at radius 3 is 2.66 bits per heavy atom. The van der Waals surface area contributed by atoms with Gasteiger partial charge in [0.1, 0.15) is 5.82 Å². The number of benzene rings is 1. The van der Waals surface area contributed by atoms with E-state index in [0.717, 1.165) is 44.0 Å². The molecule has 2 aromatic rings. The topological polar surface area (TPSA) is 53.4 Å². The minimum atomic E-state index is 0. The minimum Gasteiger partial charge on any atom is -0.337 e. The second-order valence-electron chi connectivity index (χ2n) is 7.98. The average Bonchev–Trinajstić information content (AvgIpc) is 3.16. The molecule has 1 atom stereocenters. The van der Waals surface area contributed by atoms with Crippen molar-refractivity contribution in [2.75, 3.05) is 31.1 Å². The van der Waals surface area contributed by atoms with Crippen LogP contribution in [0, 0.1) is 0 Å². The normalized spacial score (nSPS) is 20.8. The van der Waals surface area contributed by atoms with Gasteiger partial charge in [0.15, 0.2) is 0 Å². The molecule has 6 nitrogen and oxygen atoms in total. The maximum absolute atomic E-state index is 13.5. The van der Waals surface area contributed by atoms with Crippen molar-refractivity contribution in [3.05, 3.63) is 48.5 Å². The van der Waals surface area contributed by atoms with Crippen molar-refractivity contribution in [1.82, 2.24) is 19.8 Å². The number of rotatable bonds is 5. The van der Waals surface area contributed by atoms with E-state index in [1.807, 2.05) is 37.6 Å². The number of piperazine rings is 1. The number of imidazole rings is 1. The van der Waals surface area contributed by atoms with Crippen LogP contribution in [0.15, 0.2) is 42.7 Å². The van der Waals surface area contributed by atoms with Crippen LogP contribution in [0.4, 0.5) is 5.69 Å². The molecule has 158 valence electrons. The summed E-state index contributed by atoms with van der Waals surface area (Å²) in [6, 6.07) is 10.7. The first-order valence-electron chi connectivity index (χ1n) is 10.5. The Balaban J connectivity index is 0.00000240. The van der Waals surface area contributed by atoms with Gasteiger partial charge in [-0.05, 0) is 25.0 Å². The number of anilines is 1. The van der Waals surface area contributed by atoms with Crippen LogP contribution in [-0.2, 0) is 11.8 Å². The van der Waals surface area contributed by atoms with E-state index < -0.39 is 0 Å². The van der Waals surface area contributed by atoms with E-state index >= 15 is 0 Å². The van der Waals surface area contributed by atoms with Crippen molar-refractivity contribution in [2.45, 2.75) is 44.2 Å². The van der Waals surface area contributed by atoms with Crippen molar-refractivity contribution in [2.24, 2.45) is 7.05 Å². The SMILES string of the molecule is Cl.Cn1ccnc1C1CNCCN1CC(=O)N(c1ccccc1)C1CCCCC1. The molecule has 2 fully saturated rings. The standard InChI is InChI=1S/C22H31N5O.ClH/c1-25-14-13-24-22(25)20-16-23-12-15-26(20)17-21(28)27(18-8-4-2-5-9-18)19-10-6-3-7-11-19;/h2,4-5,8-9,13-14,19-20,23H,3,6-7,10-12,15-17H2,1H3;1H. The molecule has 29 heavy (non-hydrogen) atoms. The lowest BCUT2D eigenvalue weighted by Crippen LogP contribution is -2.52. The second kappa shape index (κ2) is 10.2.